The Hall–Kier alpha value is -0.570. The van der Waals surface area contributed by atoms with Crippen LogP contribution in [0.5, 0.6) is 0 Å². The molecule has 0 aromatic heterocycles. The van der Waals surface area contributed by atoms with Crippen molar-refractivity contribution in [2.24, 2.45) is 11.3 Å². The molecule has 2 nitrogen and oxygen atoms in total. The summed E-state index contributed by atoms with van der Waals surface area (Å²) in [5.74, 6) is 5.61. The van der Waals surface area contributed by atoms with Gasteiger partial charge in [-0.1, -0.05) is 44.5 Å². The predicted molar refractivity (Wildman–Crippen MR) is 70.3 cm³/mol. The van der Waals surface area contributed by atoms with E-state index in [-0.39, 0.29) is 11.5 Å². The first-order valence-electron chi connectivity index (χ1n) is 5.55. The van der Waals surface area contributed by atoms with Crippen LogP contribution in [0.15, 0.2) is 18.2 Å². The molecule has 0 aliphatic rings. The summed E-state index contributed by atoms with van der Waals surface area (Å²) in [6.07, 6.45) is 0.975. The molecule has 0 fully saturated rings. The summed E-state index contributed by atoms with van der Waals surface area (Å²) in [4.78, 5) is 0. The van der Waals surface area contributed by atoms with E-state index in [1.54, 1.807) is 0 Å². The normalized spacial score (nSPS) is 13.9. The predicted octanol–water partition coefficient (Wildman–Crippen LogP) is 3.59. The zero-order chi connectivity index (χ0) is 12.3. The van der Waals surface area contributed by atoms with E-state index in [0.29, 0.717) is 0 Å². The fourth-order valence-electron chi connectivity index (χ4n) is 1.71. The van der Waals surface area contributed by atoms with Crippen molar-refractivity contribution < 1.29 is 0 Å². The van der Waals surface area contributed by atoms with Gasteiger partial charge in [-0.2, -0.15) is 0 Å². The van der Waals surface area contributed by atoms with E-state index in [0.717, 1.165) is 22.6 Å². The van der Waals surface area contributed by atoms with Gasteiger partial charge in [-0.25, -0.2) is 0 Å². The van der Waals surface area contributed by atoms with Crippen molar-refractivity contribution in [2.75, 3.05) is 0 Å². The van der Waals surface area contributed by atoms with Crippen LogP contribution in [0.25, 0.3) is 0 Å². The maximum Gasteiger partial charge on any atom is 0.0465 e. The SMILES string of the molecule is Cc1ccc(C(CC(C)(C)C)NN)cc1Cl. The van der Waals surface area contributed by atoms with Gasteiger partial charge in [0.25, 0.3) is 0 Å². The van der Waals surface area contributed by atoms with Crippen LogP contribution in [-0.4, -0.2) is 0 Å². The van der Waals surface area contributed by atoms with Crippen molar-refractivity contribution in [1.82, 2.24) is 5.43 Å². The fourth-order valence-corrected chi connectivity index (χ4v) is 1.90. The standard InChI is InChI=1S/C13H21ClN2/c1-9-5-6-10(7-11(9)14)12(16-15)8-13(2,3)4/h5-7,12,16H,8,15H2,1-4H3. The van der Waals surface area contributed by atoms with Gasteiger partial charge in [-0.3, -0.25) is 11.3 Å². The summed E-state index contributed by atoms with van der Waals surface area (Å²) in [5.41, 5.74) is 5.33. The molecule has 0 saturated carbocycles. The third kappa shape index (κ3) is 3.78. The number of hydrazine groups is 1. The van der Waals surface area contributed by atoms with Gasteiger partial charge in [0.05, 0.1) is 0 Å². The average Bonchev–Trinajstić information content (AvgIpc) is 2.17. The lowest BCUT2D eigenvalue weighted by molar-refractivity contribution is 0.313. The molecule has 0 heterocycles. The van der Waals surface area contributed by atoms with Crippen molar-refractivity contribution in [3.05, 3.63) is 34.3 Å². The number of rotatable bonds is 3. The molecule has 0 spiro atoms. The minimum atomic E-state index is 0.151. The Morgan fingerprint density at radius 3 is 2.44 bits per heavy atom. The van der Waals surface area contributed by atoms with Crippen LogP contribution in [0, 0.1) is 12.3 Å². The largest absolute Gasteiger partial charge is 0.271 e. The molecule has 3 heteroatoms. The Morgan fingerprint density at radius 1 is 1.38 bits per heavy atom. The van der Waals surface area contributed by atoms with E-state index in [1.165, 1.54) is 0 Å². The van der Waals surface area contributed by atoms with Crippen LogP contribution < -0.4 is 11.3 Å². The van der Waals surface area contributed by atoms with Crippen molar-refractivity contribution >= 4 is 11.6 Å². The Labute approximate surface area is 103 Å². The summed E-state index contributed by atoms with van der Waals surface area (Å²) in [7, 11) is 0. The van der Waals surface area contributed by atoms with Gasteiger partial charge >= 0.3 is 0 Å². The molecule has 3 N–H and O–H groups in total. The van der Waals surface area contributed by atoms with Crippen molar-refractivity contribution in [3.63, 3.8) is 0 Å². The summed E-state index contributed by atoms with van der Waals surface area (Å²) >= 11 is 6.12. The Balaban J connectivity index is 2.91. The Morgan fingerprint density at radius 2 is 2.00 bits per heavy atom. The lowest BCUT2D eigenvalue weighted by Gasteiger charge is -2.26. The number of benzene rings is 1. The molecular weight excluding hydrogens is 220 g/mol. The van der Waals surface area contributed by atoms with E-state index in [1.807, 2.05) is 19.1 Å². The molecule has 1 aromatic carbocycles. The maximum absolute atomic E-state index is 6.12. The number of nitrogens with two attached hydrogens (primary N) is 1. The summed E-state index contributed by atoms with van der Waals surface area (Å²) in [6.45, 7) is 8.61. The molecule has 0 bridgehead atoms. The van der Waals surface area contributed by atoms with Crippen LogP contribution in [0.3, 0.4) is 0 Å². The molecule has 0 aliphatic carbocycles. The van der Waals surface area contributed by atoms with Crippen molar-refractivity contribution in [1.29, 1.82) is 0 Å². The van der Waals surface area contributed by atoms with Gasteiger partial charge in [0.1, 0.15) is 0 Å². The topological polar surface area (TPSA) is 38.0 Å². The van der Waals surface area contributed by atoms with E-state index in [2.05, 4.69) is 32.3 Å². The zero-order valence-electron chi connectivity index (χ0n) is 10.5. The first kappa shape index (κ1) is 13.5. The van der Waals surface area contributed by atoms with Gasteiger partial charge in [0, 0.05) is 11.1 Å². The van der Waals surface area contributed by atoms with Gasteiger partial charge in [-0.05, 0) is 36.0 Å². The highest BCUT2D eigenvalue weighted by atomic mass is 35.5. The summed E-state index contributed by atoms with van der Waals surface area (Å²) in [6, 6.07) is 6.26. The third-order valence-corrected chi connectivity index (χ3v) is 3.02. The molecule has 1 unspecified atom stereocenters. The van der Waals surface area contributed by atoms with Crippen LogP contribution in [0.1, 0.15) is 44.4 Å². The number of hydrogen-bond acceptors (Lipinski definition) is 2. The molecule has 0 amide bonds. The smallest absolute Gasteiger partial charge is 0.0465 e. The van der Waals surface area contributed by atoms with E-state index in [4.69, 9.17) is 17.4 Å². The first-order chi connectivity index (χ1) is 7.33. The quantitative estimate of drug-likeness (QED) is 0.626. The van der Waals surface area contributed by atoms with Gasteiger partial charge in [0.15, 0.2) is 0 Å². The van der Waals surface area contributed by atoms with Gasteiger partial charge in [0.2, 0.25) is 0 Å². The second kappa shape index (κ2) is 5.17. The van der Waals surface area contributed by atoms with E-state index in [9.17, 15) is 0 Å². The van der Waals surface area contributed by atoms with Crippen molar-refractivity contribution in [2.45, 2.75) is 40.2 Å². The van der Waals surface area contributed by atoms with Crippen LogP contribution in [0.2, 0.25) is 5.02 Å². The average molecular weight is 241 g/mol. The number of aryl methyl sites for hydroxylation is 1. The maximum atomic E-state index is 6.12. The Bertz CT molecular complexity index is 355. The molecule has 0 radical (unpaired) electrons. The molecule has 0 saturated heterocycles. The summed E-state index contributed by atoms with van der Waals surface area (Å²) in [5, 5.41) is 0.798. The van der Waals surface area contributed by atoms with Crippen LogP contribution >= 0.6 is 11.6 Å². The van der Waals surface area contributed by atoms with E-state index < -0.39 is 0 Å². The molecule has 1 aromatic rings. The molecule has 1 rings (SSSR count). The number of nitrogens with one attached hydrogen (secondary N) is 1. The lowest BCUT2D eigenvalue weighted by Crippen LogP contribution is -2.31. The van der Waals surface area contributed by atoms with Crippen molar-refractivity contribution in [3.8, 4) is 0 Å². The molecule has 1 atom stereocenters. The Kier molecular flexibility index (Phi) is 4.36. The zero-order valence-corrected chi connectivity index (χ0v) is 11.2. The highest BCUT2D eigenvalue weighted by Gasteiger charge is 2.19. The highest BCUT2D eigenvalue weighted by Crippen LogP contribution is 2.30. The second-order valence-corrected chi connectivity index (χ2v) is 5.90. The highest BCUT2D eigenvalue weighted by molar-refractivity contribution is 6.31. The molecule has 16 heavy (non-hydrogen) atoms. The second-order valence-electron chi connectivity index (χ2n) is 5.49. The third-order valence-electron chi connectivity index (χ3n) is 2.62. The van der Waals surface area contributed by atoms with Gasteiger partial charge in [-0.15, -0.1) is 0 Å². The minimum Gasteiger partial charge on any atom is -0.271 e. The molecular formula is C13H21ClN2. The molecule has 90 valence electrons. The lowest BCUT2D eigenvalue weighted by atomic mass is 9.85. The first-order valence-corrected chi connectivity index (χ1v) is 5.93. The molecule has 0 aliphatic heterocycles. The summed E-state index contributed by atoms with van der Waals surface area (Å²) < 4.78 is 0. The number of halogens is 1. The number of hydrogen-bond donors (Lipinski definition) is 2. The monoisotopic (exact) mass is 240 g/mol. The van der Waals surface area contributed by atoms with Gasteiger partial charge < -0.3 is 0 Å². The van der Waals surface area contributed by atoms with E-state index >= 15 is 0 Å². The van der Waals surface area contributed by atoms with Crippen LogP contribution in [0.4, 0.5) is 0 Å². The minimum absolute atomic E-state index is 0.151. The fraction of sp³-hybridized carbons (Fsp3) is 0.538. The van der Waals surface area contributed by atoms with Crippen LogP contribution in [-0.2, 0) is 0 Å².